The quantitative estimate of drug-likeness (QED) is 0.736. The molecule has 146 valence electrons. The molecule has 1 fully saturated rings. The number of hydrogen-bond acceptors (Lipinski definition) is 5. The molecule has 2 aromatic carbocycles. The molecular formula is C21H23N3O4. The van der Waals surface area contributed by atoms with Crippen molar-refractivity contribution in [2.24, 2.45) is 0 Å². The molecule has 7 nitrogen and oxygen atoms in total. The third kappa shape index (κ3) is 3.61. The van der Waals surface area contributed by atoms with Crippen molar-refractivity contribution in [2.45, 2.75) is 0 Å². The lowest BCUT2D eigenvalue weighted by atomic mass is 10.1. The van der Waals surface area contributed by atoms with Crippen LogP contribution in [0.2, 0.25) is 0 Å². The zero-order valence-corrected chi connectivity index (χ0v) is 16.0. The normalized spacial score (nSPS) is 14.9. The highest BCUT2D eigenvalue weighted by Crippen LogP contribution is 2.28. The molecule has 0 unspecified atom stereocenters. The summed E-state index contributed by atoms with van der Waals surface area (Å²) in [5.41, 5.74) is 1.67. The first kappa shape index (κ1) is 18.2. The van der Waals surface area contributed by atoms with Crippen LogP contribution in [0.15, 0.2) is 48.7 Å². The van der Waals surface area contributed by atoms with E-state index in [1.54, 1.807) is 32.4 Å². The molecule has 0 saturated carbocycles. The van der Waals surface area contributed by atoms with Gasteiger partial charge < -0.3 is 24.2 Å². The van der Waals surface area contributed by atoms with Gasteiger partial charge in [-0.05, 0) is 42.5 Å². The molecule has 0 bridgehead atoms. The second-order valence-electron chi connectivity index (χ2n) is 6.61. The van der Waals surface area contributed by atoms with E-state index in [0.717, 1.165) is 16.7 Å². The number of hydrogen-bond donors (Lipinski definition) is 1. The SMILES string of the molecule is COc1ccc(C(=O)N2CCN(Oc3ccc4[nH]ccc4c3)CC2)cc1OC. The lowest BCUT2D eigenvalue weighted by Crippen LogP contribution is -2.49. The van der Waals surface area contributed by atoms with Crippen LogP contribution < -0.4 is 14.3 Å². The molecule has 3 aromatic rings. The van der Waals surface area contributed by atoms with Gasteiger partial charge in [-0.3, -0.25) is 4.79 Å². The molecule has 28 heavy (non-hydrogen) atoms. The molecule has 1 N–H and O–H groups in total. The largest absolute Gasteiger partial charge is 0.493 e. The number of H-pyrrole nitrogens is 1. The molecule has 1 aromatic heterocycles. The Hall–Kier alpha value is -3.19. The van der Waals surface area contributed by atoms with E-state index in [1.807, 2.05) is 40.4 Å². The fraction of sp³-hybridized carbons (Fsp3) is 0.286. The predicted molar refractivity (Wildman–Crippen MR) is 106 cm³/mol. The van der Waals surface area contributed by atoms with Crippen LogP contribution >= 0.6 is 0 Å². The van der Waals surface area contributed by atoms with Crippen LogP contribution in [-0.2, 0) is 0 Å². The van der Waals surface area contributed by atoms with Gasteiger partial charge in [0.2, 0.25) is 0 Å². The van der Waals surface area contributed by atoms with Crippen molar-refractivity contribution in [2.75, 3.05) is 40.4 Å². The Balaban J connectivity index is 1.37. The van der Waals surface area contributed by atoms with Gasteiger partial charge in [-0.25, -0.2) is 0 Å². The monoisotopic (exact) mass is 381 g/mol. The number of carbonyl (C=O) groups is 1. The molecule has 0 radical (unpaired) electrons. The van der Waals surface area contributed by atoms with E-state index in [9.17, 15) is 4.79 Å². The highest BCUT2D eigenvalue weighted by molar-refractivity contribution is 5.95. The maximum atomic E-state index is 12.8. The van der Waals surface area contributed by atoms with Crippen LogP contribution in [0.5, 0.6) is 17.2 Å². The summed E-state index contributed by atoms with van der Waals surface area (Å²) in [5, 5.41) is 3.01. The van der Waals surface area contributed by atoms with Crippen molar-refractivity contribution in [3.05, 3.63) is 54.2 Å². The minimum Gasteiger partial charge on any atom is -0.493 e. The number of rotatable bonds is 5. The van der Waals surface area contributed by atoms with Crippen LogP contribution in [0.1, 0.15) is 10.4 Å². The molecule has 1 amide bonds. The number of nitrogens with zero attached hydrogens (tertiary/aromatic N) is 2. The molecule has 2 heterocycles. The average Bonchev–Trinajstić information content (AvgIpc) is 3.21. The number of methoxy groups -OCH3 is 2. The van der Waals surface area contributed by atoms with Crippen molar-refractivity contribution in [3.63, 3.8) is 0 Å². The van der Waals surface area contributed by atoms with Gasteiger partial charge in [-0.1, -0.05) is 0 Å². The number of nitrogens with one attached hydrogen (secondary N) is 1. The maximum absolute atomic E-state index is 12.8. The summed E-state index contributed by atoms with van der Waals surface area (Å²) in [6.45, 7) is 2.48. The van der Waals surface area contributed by atoms with E-state index in [0.29, 0.717) is 43.2 Å². The molecule has 1 aliphatic heterocycles. The molecule has 1 saturated heterocycles. The zero-order valence-electron chi connectivity index (χ0n) is 16.0. The molecule has 0 atom stereocenters. The van der Waals surface area contributed by atoms with Crippen molar-refractivity contribution < 1.29 is 19.1 Å². The standard InChI is InChI=1S/C21H23N3O4/c1-26-19-6-3-16(14-20(19)27-2)21(25)23-9-11-24(12-10-23)28-17-4-5-18-15(13-17)7-8-22-18/h3-8,13-14,22H,9-12H2,1-2H3. The molecule has 1 aliphatic rings. The number of benzene rings is 2. The lowest BCUT2D eigenvalue weighted by Gasteiger charge is -2.34. The molecule has 4 rings (SSSR count). The van der Waals surface area contributed by atoms with Gasteiger partial charge in [0.25, 0.3) is 5.91 Å². The zero-order chi connectivity index (χ0) is 19.5. The average molecular weight is 381 g/mol. The number of ether oxygens (including phenoxy) is 2. The second kappa shape index (κ2) is 7.82. The molecule has 0 spiro atoms. The Kier molecular flexibility index (Phi) is 5.08. The van der Waals surface area contributed by atoms with Crippen molar-refractivity contribution in [3.8, 4) is 17.2 Å². The number of amides is 1. The smallest absolute Gasteiger partial charge is 0.254 e. The number of aromatic nitrogens is 1. The number of carbonyl (C=O) groups excluding carboxylic acids is 1. The summed E-state index contributed by atoms with van der Waals surface area (Å²) in [6, 6.07) is 13.2. The predicted octanol–water partition coefficient (Wildman–Crippen LogP) is 2.94. The summed E-state index contributed by atoms with van der Waals surface area (Å²) in [7, 11) is 3.14. The van der Waals surface area contributed by atoms with Gasteiger partial charge in [0.1, 0.15) is 5.75 Å². The summed E-state index contributed by atoms with van der Waals surface area (Å²) in [4.78, 5) is 23.8. The fourth-order valence-electron chi connectivity index (χ4n) is 3.37. The van der Waals surface area contributed by atoms with Crippen LogP contribution in [0.4, 0.5) is 0 Å². The van der Waals surface area contributed by atoms with Gasteiger partial charge >= 0.3 is 0 Å². The van der Waals surface area contributed by atoms with E-state index >= 15 is 0 Å². The van der Waals surface area contributed by atoms with E-state index in [-0.39, 0.29) is 5.91 Å². The minimum absolute atomic E-state index is 0.0191. The van der Waals surface area contributed by atoms with Crippen LogP contribution in [-0.4, -0.2) is 61.3 Å². The van der Waals surface area contributed by atoms with Crippen molar-refractivity contribution >= 4 is 16.8 Å². The van der Waals surface area contributed by atoms with Gasteiger partial charge in [0.05, 0.1) is 27.3 Å². The Bertz CT molecular complexity index is 977. The second-order valence-corrected chi connectivity index (χ2v) is 6.61. The Morgan fingerprint density at radius 1 is 0.929 bits per heavy atom. The maximum Gasteiger partial charge on any atom is 0.254 e. The minimum atomic E-state index is -0.0191. The van der Waals surface area contributed by atoms with E-state index < -0.39 is 0 Å². The number of piperazine rings is 1. The van der Waals surface area contributed by atoms with Crippen LogP contribution in [0.3, 0.4) is 0 Å². The third-order valence-corrected chi connectivity index (χ3v) is 4.92. The summed E-state index contributed by atoms with van der Waals surface area (Å²) < 4.78 is 10.5. The number of hydroxylamine groups is 2. The van der Waals surface area contributed by atoms with Gasteiger partial charge in [0, 0.05) is 35.8 Å². The number of aromatic amines is 1. The van der Waals surface area contributed by atoms with Crippen LogP contribution in [0, 0.1) is 0 Å². The third-order valence-electron chi connectivity index (χ3n) is 4.92. The number of fused-ring (bicyclic) bond motifs is 1. The van der Waals surface area contributed by atoms with Gasteiger partial charge in [-0.15, -0.1) is 5.06 Å². The Morgan fingerprint density at radius 3 is 2.46 bits per heavy atom. The summed E-state index contributed by atoms with van der Waals surface area (Å²) in [6.07, 6.45) is 1.91. The first-order chi connectivity index (χ1) is 13.7. The Morgan fingerprint density at radius 2 is 1.71 bits per heavy atom. The molecular weight excluding hydrogens is 358 g/mol. The van der Waals surface area contributed by atoms with Gasteiger partial charge in [-0.2, -0.15) is 0 Å². The van der Waals surface area contributed by atoms with E-state index in [1.165, 1.54) is 0 Å². The fourth-order valence-corrected chi connectivity index (χ4v) is 3.37. The highest BCUT2D eigenvalue weighted by atomic mass is 16.7. The lowest BCUT2D eigenvalue weighted by molar-refractivity contribution is -0.0831. The topological polar surface area (TPSA) is 67.0 Å². The van der Waals surface area contributed by atoms with Crippen LogP contribution in [0.25, 0.3) is 10.9 Å². The van der Waals surface area contributed by atoms with E-state index in [2.05, 4.69) is 4.98 Å². The van der Waals surface area contributed by atoms with E-state index in [4.69, 9.17) is 14.3 Å². The van der Waals surface area contributed by atoms with Gasteiger partial charge in [0.15, 0.2) is 11.5 Å². The summed E-state index contributed by atoms with van der Waals surface area (Å²) >= 11 is 0. The highest BCUT2D eigenvalue weighted by Gasteiger charge is 2.24. The summed E-state index contributed by atoms with van der Waals surface area (Å²) in [5.74, 6) is 1.94. The first-order valence-electron chi connectivity index (χ1n) is 9.19. The van der Waals surface area contributed by atoms with Crippen molar-refractivity contribution in [1.29, 1.82) is 0 Å². The van der Waals surface area contributed by atoms with Crippen molar-refractivity contribution in [1.82, 2.24) is 14.9 Å². The molecule has 7 heteroatoms. The Labute approximate surface area is 163 Å². The first-order valence-corrected chi connectivity index (χ1v) is 9.19. The molecule has 0 aliphatic carbocycles.